The maximum absolute atomic E-state index is 12.8. The number of hydrogen-bond donors (Lipinski definition) is 0. The Morgan fingerprint density at radius 2 is 1.45 bits per heavy atom. The van der Waals surface area contributed by atoms with Crippen LogP contribution in [0.1, 0.15) is 22.3 Å². The molecule has 1 fully saturated rings. The van der Waals surface area contributed by atoms with Gasteiger partial charge in [0, 0.05) is 0 Å². The smallest absolute Gasteiger partial charge is 0.293 e. The van der Waals surface area contributed by atoms with E-state index in [1.807, 2.05) is 86.6 Å². The van der Waals surface area contributed by atoms with E-state index in [2.05, 4.69) is 0 Å². The van der Waals surface area contributed by atoms with Crippen LogP contribution in [-0.4, -0.2) is 29.3 Å². The highest BCUT2D eigenvalue weighted by Gasteiger charge is 2.34. The van der Waals surface area contributed by atoms with Crippen LogP contribution in [0.3, 0.4) is 0 Å². The summed E-state index contributed by atoms with van der Waals surface area (Å²) >= 11 is 0.963. The van der Waals surface area contributed by atoms with Crippen molar-refractivity contribution >= 4 is 29.0 Å². The van der Waals surface area contributed by atoms with Crippen LogP contribution < -0.4 is 9.47 Å². The molecule has 3 aromatic carbocycles. The Balaban J connectivity index is 1.35. The van der Waals surface area contributed by atoms with E-state index in [1.54, 1.807) is 6.08 Å². The van der Waals surface area contributed by atoms with Crippen molar-refractivity contribution < 1.29 is 19.1 Å². The van der Waals surface area contributed by atoms with Gasteiger partial charge in [-0.3, -0.25) is 14.5 Å². The van der Waals surface area contributed by atoms with Gasteiger partial charge in [0.05, 0.1) is 11.4 Å². The van der Waals surface area contributed by atoms with Gasteiger partial charge in [-0.25, -0.2) is 0 Å². The van der Waals surface area contributed by atoms with E-state index in [1.165, 1.54) is 10.5 Å². The van der Waals surface area contributed by atoms with Crippen LogP contribution in [0.5, 0.6) is 11.5 Å². The number of thioether (sulfide) groups is 1. The number of hydrogen-bond acceptors (Lipinski definition) is 5. The van der Waals surface area contributed by atoms with Gasteiger partial charge in [-0.05, 0) is 67.1 Å². The van der Waals surface area contributed by atoms with Crippen LogP contribution in [0.4, 0.5) is 4.79 Å². The molecule has 1 aliphatic rings. The van der Waals surface area contributed by atoms with E-state index in [4.69, 9.17) is 9.47 Å². The van der Waals surface area contributed by atoms with E-state index in [0.29, 0.717) is 23.9 Å². The van der Waals surface area contributed by atoms with Crippen LogP contribution in [0, 0.1) is 13.8 Å². The third-order valence-corrected chi connectivity index (χ3v) is 6.04. The molecule has 4 rings (SSSR count). The summed E-state index contributed by atoms with van der Waals surface area (Å²) in [5.41, 5.74) is 4.04. The number of imide groups is 1. The zero-order valence-electron chi connectivity index (χ0n) is 18.6. The van der Waals surface area contributed by atoms with Gasteiger partial charge in [0.2, 0.25) is 0 Å². The van der Waals surface area contributed by atoms with Gasteiger partial charge in [0.25, 0.3) is 11.1 Å². The zero-order chi connectivity index (χ0) is 23.2. The molecule has 0 aliphatic carbocycles. The maximum Gasteiger partial charge on any atom is 0.293 e. The highest BCUT2D eigenvalue weighted by molar-refractivity contribution is 8.18. The average molecular weight is 460 g/mol. The molecule has 0 bridgehead atoms. The number of carbonyl (C=O) groups excluding carboxylic acids is 2. The second kappa shape index (κ2) is 10.4. The normalized spacial score (nSPS) is 14.7. The molecule has 0 aromatic heterocycles. The minimum absolute atomic E-state index is 0.257. The summed E-state index contributed by atoms with van der Waals surface area (Å²) in [6, 6.07) is 23.1. The number of benzene rings is 3. The zero-order valence-corrected chi connectivity index (χ0v) is 19.4. The second-order valence-corrected chi connectivity index (χ2v) is 8.83. The van der Waals surface area contributed by atoms with Crippen molar-refractivity contribution in [2.75, 3.05) is 13.2 Å². The van der Waals surface area contributed by atoms with E-state index < -0.39 is 0 Å². The molecule has 1 aliphatic heterocycles. The number of amides is 2. The Labute approximate surface area is 198 Å². The number of rotatable bonds is 8. The first-order valence-corrected chi connectivity index (χ1v) is 11.5. The van der Waals surface area contributed by atoms with Crippen molar-refractivity contribution in [3.05, 3.63) is 100.0 Å². The highest BCUT2D eigenvalue weighted by atomic mass is 32.2. The van der Waals surface area contributed by atoms with E-state index in [-0.39, 0.29) is 17.7 Å². The molecule has 3 aromatic rings. The predicted molar refractivity (Wildman–Crippen MR) is 131 cm³/mol. The van der Waals surface area contributed by atoms with Gasteiger partial charge < -0.3 is 9.47 Å². The molecule has 0 saturated carbocycles. The van der Waals surface area contributed by atoms with Gasteiger partial charge >= 0.3 is 0 Å². The first kappa shape index (κ1) is 22.7. The molecule has 0 spiro atoms. The fourth-order valence-corrected chi connectivity index (χ4v) is 4.15. The molecular weight excluding hydrogens is 434 g/mol. The van der Waals surface area contributed by atoms with Crippen molar-refractivity contribution in [3.8, 4) is 11.5 Å². The molecule has 1 saturated heterocycles. The van der Waals surface area contributed by atoms with Crippen LogP contribution in [-0.2, 0) is 11.3 Å². The monoisotopic (exact) mass is 459 g/mol. The third kappa shape index (κ3) is 6.05. The quantitative estimate of drug-likeness (QED) is 0.306. The molecule has 5 nitrogen and oxygen atoms in total. The Bertz CT molecular complexity index is 1170. The minimum atomic E-state index is -0.275. The predicted octanol–water partition coefficient (Wildman–Crippen LogP) is 6.00. The molecule has 168 valence electrons. The van der Waals surface area contributed by atoms with Crippen molar-refractivity contribution in [2.45, 2.75) is 20.4 Å². The fourth-order valence-electron chi connectivity index (χ4n) is 3.31. The van der Waals surface area contributed by atoms with Crippen molar-refractivity contribution in [2.24, 2.45) is 0 Å². The maximum atomic E-state index is 12.8. The Morgan fingerprint density at radius 3 is 2.15 bits per heavy atom. The van der Waals surface area contributed by atoms with E-state index >= 15 is 0 Å². The number of carbonyl (C=O) groups is 2. The van der Waals surface area contributed by atoms with Gasteiger partial charge in [0.1, 0.15) is 24.7 Å². The van der Waals surface area contributed by atoms with Gasteiger partial charge in [-0.2, -0.15) is 0 Å². The first-order valence-electron chi connectivity index (χ1n) is 10.7. The van der Waals surface area contributed by atoms with Crippen LogP contribution >= 0.6 is 11.8 Å². The van der Waals surface area contributed by atoms with E-state index in [0.717, 1.165) is 34.2 Å². The summed E-state index contributed by atoms with van der Waals surface area (Å²) < 4.78 is 11.5. The Morgan fingerprint density at radius 1 is 0.818 bits per heavy atom. The molecule has 0 radical (unpaired) electrons. The Hall–Kier alpha value is -3.51. The van der Waals surface area contributed by atoms with Gasteiger partial charge in [-0.1, -0.05) is 59.7 Å². The minimum Gasteiger partial charge on any atom is -0.490 e. The molecule has 0 atom stereocenters. The van der Waals surface area contributed by atoms with Crippen LogP contribution in [0.2, 0.25) is 0 Å². The molecule has 2 amide bonds. The number of aryl methyl sites for hydroxylation is 2. The lowest BCUT2D eigenvalue weighted by atomic mass is 10.1. The number of ether oxygens (including phenoxy) is 2. The van der Waals surface area contributed by atoms with Gasteiger partial charge in [0.15, 0.2) is 0 Å². The standard InChI is InChI=1S/C27H25NO4S/c1-19-6-10-21(11-7-19)18-28-26(29)25(33-27(28)30)17-22-4-3-5-24(16-22)32-15-14-31-23-12-8-20(2)9-13-23/h3-13,16-17H,14-15,18H2,1-2H3/b25-17-. The van der Waals surface area contributed by atoms with E-state index in [9.17, 15) is 9.59 Å². The van der Waals surface area contributed by atoms with Gasteiger partial charge in [-0.15, -0.1) is 0 Å². The van der Waals surface area contributed by atoms with Crippen LogP contribution in [0.15, 0.2) is 77.7 Å². The summed E-state index contributed by atoms with van der Waals surface area (Å²) in [7, 11) is 0. The SMILES string of the molecule is Cc1ccc(CN2C(=O)S/C(=C\c3cccc(OCCOc4ccc(C)cc4)c3)C2=O)cc1. The number of nitrogens with zero attached hydrogens (tertiary/aromatic N) is 1. The fraction of sp³-hybridized carbons (Fsp3) is 0.185. The van der Waals surface area contributed by atoms with Crippen molar-refractivity contribution in [1.29, 1.82) is 0 Å². The Kier molecular flexibility index (Phi) is 7.15. The molecular formula is C27H25NO4S. The topological polar surface area (TPSA) is 55.8 Å². The molecule has 0 N–H and O–H groups in total. The van der Waals surface area contributed by atoms with Crippen molar-refractivity contribution in [3.63, 3.8) is 0 Å². The highest BCUT2D eigenvalue weighted by Crippen LogP contribution is 2.33. The molecule has 0 unspecified atom stereocenters. The lowest BCUT2D eigenvalue weighted by Crippen LogP contribution is -2.27. The molecule has 33 heavy (non-hydrogen) atoms. The third-order valence-electron chi connectivity index (χ3n) is 5.13. The van der Waals surface area contributed by atoms with Crippen LogP contribution in [0.25, 0.3) is 6.08 Å². The molecule has 1 heterocycles. The lowest BCUT2D eigenvalue weighted by molar-refractivity contribution is -0.123. The first-order chi connectivity index (χ1) is 16.0. The average Bonchev–Trinajstić information content (AvgIpc) is 3.07. The van der Waals surface area contributed by atoms with Crippen molar-refractivity contribution in [1.82, 2.24) is 4.90 Å². The lowest BCUT2D eigenvalue weighted by Gasteiger charge is -2.12. The summed E-state index contributed by atoms with van der Waals surface area (Å²) in [5, 5.41) is -0.257. The molecule has 6 heteroatoms. The summed E-state index contributed by atoms with van der Waals surface area (Å²) in [6.45, 7) is 5.12. The summed E-state index contributed by atoms with van der Waals surface area (Å²) in [4.78, 5) is 26.9. The summed E-state index contributed by atoms with van der Waals surface area (Å²) in [5.74, 6) is 1.21. The largest absolute Gasteiger partial charge is 0.490 e. The second-order valence-electron chi connectivity index (χ2n) is 7.84. The summed E-state index contributed by atoms with van der Waals surface area (Å²) in [6.07, 6.45) is 1.73.